The second-order valence-corrected chi connectivity index (χ2v) is 6.15. The molecule has 0 aromatic heterocycles. The molecule has 0 bridgehead atoms. The number of aliphatic imine (C=N–C) groups is 1. The van der Waals surface area contributed by atoms with Crippen LogP contribution in [-0.4, -0.2) is 5.71 Å². The van der Waals surface area contributed by atoms with E-state index >= 15 is 0 Å². The predicted molar refractivity (Wildman–Crippen MR) is 93.5 cm³/mol. The first kappa shape index (κ1) is 15.5. The Bertz CT molecular complexity index is 602. The summed E-state index contributed by atoms with van der Waals surface area (Å²) < 4.78 is 0. The van der Waals surface area contributed by atoms with Crippen LogP contribution in [0.2, 0.25) is 0 Å². The highest BCUT2D eigenvalue weighted by molar-refractivity contribution is 6.01. The van der Waals surface area contributed by atoms with E-state index in [9.17, 15) is 0 Å². The van der Waals surface area contributed by atoms with Crippen molar-refractivity contribution < 1.29 is 0 Å². The monoisotopic (exact) mass is 279 g/mol. The van der Waals surface area contributed by atoms with Gasteiger partial charge in [0.15, 0.2) is 0 Å². The van der Waals surface area contributed by atoms with E-state index in [0.29, 0.717) is 0 Å². The average molecular weight is 279 g/mol. The molecule has 1 nitrogen and oxygen atoms in total. The summed E-state index contributed by atoms with van der Waals surface area (Å²) in [6.45, 7) is 8.55. The van der Waals surface area contributed by atoms with Gasteiger partial charge < -0.3 is 0 Å². The molecule has 0 aromatic rings. The lowest BCUT2D eigenvalue weighted by Gasteiger charge is -2.12. The Balaban J connectivity index is 2.25. The Morgan fingerprint density at radius 1 is 1.14 bits per heavy atom. The van der Waals surface area contributed by atoms with Gasteiger partial charge in [-0.1, -0.05) is 68.5 Å². The summed E-state index contributed by atoms with van der Waals surface area (Å²) in [6, 6.07) is 0. The van der Waals surface area contributed by atoms with Crippen LogP contribution >= 0.6 is 0 Å². The van der Waals surface area contributed by atoms with Gasteiger partial charge in [0.25, 0.3) is 0 Å². The van der Waals surface area contributed by atoms with E-state index in [1.807, 2.05) is 6.92 Å². The molecular formula is C20H25N. The van der Waals surface area contributed by atoms with Crippen molar-refractivity contribution in [3.63, 3.8) is 0 Å². The van der Waals surface area contributed by atoms with Crippen molar-refractivity contribution >= 4 is 5.71 Å². The molecule has 0 heterocycles. The van der Waals surface area contributed by atoms with E-state index < -0.39 is 0 Å². The smallest absolute Gasteiger partial charge is 0.0662 e. The molecule has 2 aliphatic rings. The third kappa shape index (κ3) is 4.29. The SMILES string of the molecule is C/C=C(\N=C(C)C1=CCCC=C1)C1=CC=CC(C)(C)C=C1. The van der Waals surface area contributed by atoms with Gasteiger partial charge in [0.05, 0.1) is 5.70 Å². The van der Waals surface area contributed by atoms with Gasteiger partial charge in [-0.05, 0) is 37.8 Å². The Morgan fingerprint density at radius 2 is 1.95 bits per heavy atom. The fraction of sp³-hybridized carbons (Fsp3) is 0.350. The Hall–Kier alpha value is -1.89. The van der Waals surface area contributed by atoms with Crippen molar-refractivity contribution in [1.29, 1.82) is 0 Å². The molecule has 0 spiro atoms. The predicted octanol–water partition coefficient (Wildman–Crippen LogP) is 5.71. The zero-order chi connectivity index (χ0) is 15.3. The molecule has 0 saturated carbocycles. The maximum absolute atomic E-state index is 4.84. The first-order valence-corrected chi connectivity index (χ1v) is 7.70. The zero-order valence-corrected chi connectivity index (χ0v) is 13.6. The maximum Gasteiger partial charge on any atom is 0.0662 e. The van der Waals surface area contributed by atoms with Gasteiger partial charge in [-0.15, -0.1) is 0 Å². The van der Waals surface area contributed by atoms with Crippen molar-refractivity contribution in [2.75, 3.05) is 0 Å². The highest BCUT2D eigenvalue weighted by atomic mass is 14.8. The van der Waals surface area contributed by atoms with Gasteiger partial charge in [-0.2, -0.15) is 0 Å². The fourth-order valence-electron chi connectivity index (χ4n) is 2.41. The van der Waals surface area contributed by atoms with Gasteiger partial charge in [0, 0.05) is 11.1 Å². The number of rotatable bonds is 3. The van der Waals surface area contributed by atoms with Crippen LogP contribution in [0.1, 0.15) is 40.5 Å². The average Bonchev–Trinajstić information content (AvgIpc) is 2.66. The second-order valence-electron chi connectivity index (χ2n) is 6.15. The summed E-state index contributed by atoms with van der Waals surface area (Å²) in [5, 5.41) is 0. The standard InChI is InChI=1S/C20H25N/c1-5-19(18-12-9-14-20(3,4)15-13-18)21-16(2)17-10-7-6-8-11-17/h5,7,9-15H,6,8H2,1-4H3/b19-5-,21-16?. The van der Waals surface area contributed by atoms with E-state index in [-0.39, 0.29) is 5.41 Å². The maximum atomic E-state index is 4.84. The quantitative estimate of drug-likeness (QED) is 0.587. The molecule has 21 heavy (non-hydrogen) atoms. The lowest BCUT2D eigenvalue weighted by molar-refractivity contribution is 0.627. The summed E-state index contributed by atoms with van der Waals surface area (Å²) in [7, 11) is 0. The number of nitrogens with zero attached hydrogens (tertiary/aromatic N) is 1. The van der Waals surface area contributed by atoms with Crippen molar-refractivity contribution in [1.82, 2.24) is 0 Å². The minimum Gasteiger partial charge on any atom is -0.253 e. The van der Waals surface area contributed by atoms with Crippen LogP contribution < -0.4 is 0 Å². The fourth-order valence-corrected chi connectivity index (χ4v) is 2.41. The van der Waals surface area contributed by atoms with Gasteiger partial charge >= 0.3 is 0 Å². The van der Waals surface area contributed by atoms with E-state index in [1.54, 1.807) is 0 Å². The summed E-state index contributed by atoms with van der Waals surface area (Å²) in [5.41, 5.74) is 4.63. The lowest BCUT2D eigenvalue weighted by atomic mass is 9.93. The summed E-state index contributed by atoms with van der Waals surface area (Å²) in [4.78, 5) is 4.84. The minimum absolute atomic E-state index is 0.102. The van der Waals surface area contributed by atoms with Crippen LogP contribution in [-0.2, 0) is 0 Å². The molecular weight excluding hydrogens is 254 g/mol. The number of hydrogen-bond donors (Lipinski definition) is 0. The molecule has 0 atom stereocenters. The topological polar surface area (TPSA) is 12.4 Å². The van der Waals surface area contributed by atoms with Crippen molar-refractivity contribution in [3.8, 4) is 0 Å². The first-order valence-electron chi connectivity index (χ1n) is 7.70. The van der Waals surface area contributed by atoms with Crippen LogP contribution in [0, 0.1) is 5.41 Å². The van der Waals surface area contributed by atoms with Crippen molar-refractivity contribution in [3.05, 3.63) is 71.5 Å². The summed E-state index contributed by atoms with van der Waals surface area (Å²) in [6.07, 6.45) is 21.9. The molecule has 2 rings (SSSR count). The molecule has 0 aliphatic heterocycles. The molecule has 0 aromatic carbocycles. The minimum atomic E-state index is 0.102. The number of allylic oxidation sites excluding steroid dienone is 10. The van der Waals surface area contributed by atoms with Gasteiger partial charge in [0.2, 0.25) is 0 Å². The molecule has 0 fully saturated rings. The van der Waals surface area contributed by atoms with E-state index in [4.69, 9.17) is 4.99 Å². The van der Waals surface area contributed by atoms with E-state index in [0.717, 1.165) is 24.3 Å². The molecule has 0 N–H and O–H groups in total. The van der Waals surface area contributed by atoms with E-state index in [1.165, 1.54) is 11.1 Å². The van der Waals surface area contributed by atoms with E-state index in [2.05, 4.69) is 75.5 Å². The van der Waals surface area contributed by atoms with Crippen LogP contribution in [0.4, 0.5) is 0 Å². The molecule has 0 saturated heterocycles. The Kier molecular flexibility index (Phi) is 4.95. The highest BCUT2D eigenvalue weighted by Crippen LogP contribution is 2.26. The molecule has 0 radical (unpaired) electrons. The normalized spacial score (nSPS) is 21.9. The third-order valence-electron chi connectivity index (χ3n) is 3.76. The second kappa shape index (κ2) is 6.71. The van der Waals surface area contributed by atoms with Crippen LogP contribution in [0.15, 0.2) is 76.5 Å². The third-order valence-corrected chi connectivity index (χ3v) is 3.76. The molecule has 0 amide bonds. The first-order chi connectivity index (χ1) is 10.0. The van der Waals surface area contributed by atoms with Crippen LogP contribution in [0.5, 0.6) is 0 Å². The van der Waals surface area contributed by atoms with Crippen LogP contribution in [0.3, 0.4) is 0 Å². The Labute approximate surface area is 128 Å². The summed E-state index contributed by atoms with van der Waals surface area (Å²) >= 11 is 0. The van der Waals surface area contributed by atoms with Gasteiger partial charge in [-0.3, -0.25) is 4.99 Å². The van der Waals surface area contributed by atoms with Crippen LogP contribution in [0.25, 0.3) is 0 Å². The summed E-state index contributed by atoms with van der Waals surface area (Å²) in [5.74, 6) is 0. The zero-order valence-electron chi connectivity index (χ0n) is 13.6. The molecule has 110 valence electrons. The lowest BCUT2D eigenvalue weighted by Crippen LogP contribution is -2.01. The Morgan fingerprint density at radius 3 is 2.62 bits per heavy atom. The van der Waals surface area contributed by atoms with Crippen molar-refractivity contribution in [2.24, 2.45) is 10.4 Å². The van der Waals surface area contributed by atoms with Gasteiger partial charge in [0.1, 0.15) is 0 Å². The largest absolute Gasteiger partial charge is 0.253 e. The molecule has 1 heteroatoms. The number of hydrogen-bond acceptors (Lipinski definition) is 1. The molecule has 2 aliphatic carbocycles. The molecule has 0 unspecified atom stereocenters. The van der Waals surface area contributed by atoms with Gasteiger partial charge in [-0.25, -0.2) is 0 Å². The highest BCUT2D eigenvalue weighted by Gasteiger charge is 2.12. The van der Waals surface area contributed by atoms with Crippen molar-refractivity contribution in [2.45, 2.75) is 40.5 Å².